The normalized spacial score (nSPS) is 24.9. The Morgan fingerprint density at radius 3 is 2.67 bits per heavy atom. The van der Waals surface area contributed by atoms with E-state index in [1.807, 2.05) is 32.0 Å². The standard InChI is InChI=1S/C18H28N2O/c1-5-14-8-10-16(13(14)4)20-18(21)15-11-12(3)7-9-17(15)19-6-2/h7,9,11,13-14,16,19H,5-6,8,10H2,1-4H3,(H,20,21). The number of hydrogen-bond acceptors (Lipinski definition) is 2. The zero-order valence-corrected chi connectivity index (χ0v) is 13.7. The van der Waals surface area contributed by atoms with Gasteiger partial charge in [-0.3, -0.25) is 4.79 Å². The maximum absolute atomic E-state index is 12.6. The molecule has 0 radical (unpaired) electrons. The lowest BCUT2D eigenvalue weighted by Gasteiger charge is -2.22. The van der Waals surface area contributed by atoms with Crippen molar-refractivity contribution in [2.45, 2.75) is 53.0 Å². The fourth-order valence-electron chi connectivity index (χ4n) is 3.46. The fraction of sp³-hybridized carbons (Fsp3) is 0.611. The second-order valence-corrected chi connectivity index (χ2v) is 6.26. The van der Waals surface area contributed by atoms with Gasteiger partial charge in [0.25, 0.3) is 5.91 Å². The molecule has 0 heterocycles. The van der Waals surface area contributed by atoms with Crippen LogP contribution in [0.3, 0.4) is 0 Å². The molecule has 0 aliphatic heterocycles. The van der Waals surface area contributed by atoms with Gasteiger partial charge in [-0.05, 0) is 50.7 Å². The van der Waals surface area contributed by atoms with Gasteiger partial charge in [0.15, 0.2) is 0 Å². The van der Waals surface area contributed by atoms with Crippen LogP contribution in [0.2, 0.25) is 0 Å². The molecular weight excluding hydrogens is 260 g/mol. The van der Waals surface area contributed by atoms with Crippen LogP contribution < -0.4 is 10.6 Å². The summed E-state index contributed by atoms with van der Waals surface area (Å²) in [5, 5.41) is 6.54. The molecule has 21 heavy (non-hydrogen) atoms. The highest BCUT2D eigenvalue weighted by Gasteiger charge is 2.32. The molecule has 0 saturated heterocycles. The Hall–Kier alpha value is -1.51. The summed E-state index contributed by atoms with van der Waals surface area (Å²) in [7, 11) is 0. The van der Waals surface area contributed by atoms with E-state index in [-0.39, 0.29) is 5.91 Å². The van der Waals surface area contributed by atoms with Gasteiger partial charge in [-0.15, -0.1) is 0 Å². The number of hydrogen-bond donors (Lipinski definition) is 2. The van der Waals surface area contributed by atoms with E-state index in [0.29, 0.717) is 12.0 Å². The van der Waals surface area contributed by atoms with Crippen LogP contribution in [-0.2, 0) is 0 Å². The Kier molecular flexibility index (Phi) is 5.27. The molecule has 1 aliphatic carbocycles. The minimum Gasteiger partial charge on any atom is -0.385 e. The monoisotopic (exact) mass is 288 g/mol. The summed E-state index contributed by atoms with van der Waals surface area (Å²) in [4.78, 5) is 12.6. The zero-order chi connectivity index (χ0) is 15.4. The largest absolute Gasteiger partial charge is 0.385 e. The molecule has 1 aromatic rings. The number of benzene rings is 1. The first-order valence-corrected chi connectivity index (χ1v) is 8.22. The third-order valence-corrected chi connectivity index (χ3v) is 4.85. The summed E-state index contributed by atoms with van der Waals surface area (Å²) in [5.74, 6) is 1.38. The first-order valence-electron chi connectivity index (χ1n) is 8.22. The second-order valence-electron chi connectivity index (χ2n) is 6.26. The number of anilines is 1. The van der Waals surface area contributed by atoms with E-state index < -0.39 is 0 Å². The topological polar surface area (TPSA) is 41.1 Å². The first-order chi connectivity index (χ1) is 10.1. The van der Waals surface area contributed by atoms with Crippen molar-refractivity contribution >= 4 is 11.6 Å². The highest BCUT2D eigenvalue weighted by Crippen LogP contribution is 2.34. The Labute approximate surface area is 128 Å². The highest BCUT2D eigenvalue weighted by molar-refractivity contribution is 6.00. The molecule has 2 rings (SSSR count). The second kappa shape index (κ2) is 6.97. The van der Waals surface area contributed by atoms with Crippen molar-refractivity contribution in [1.29, 1.82) is 0 Å². The van der Waals surface area contributed by atoms with Crippen LogP contribution >= 0.6 is 0 Å². The minimum atomic E-state index is 0.0586. The Balaban J connectivity index is 2.12. The number of nitrogens with one attached hydrogen (secondary N) is 2. The lowest BCUT2D eigenvalue weighted by molar-refractivity contribution is 0.0927. The number of carbonyl (C=O) groups is 1. The summed E-state index contributed by atoms with van der Waals surface area (Å²) in [6, 6.07) is 6.34. The van der Waals surface area contributed by atoms with E-state index in [4.69, 9.17) is 0 Å². The molecule has 1 aromatic carbocycles. The summed E-state index contributed by atoms with van der Waals surface area (Å²) >= 11 is 0. The molecule has 3 heteroatoms. The maximum atomic E-state index is 12.6. The molecule has 1 fully saturated rings. The van der Waals surface area contributed by atoms with Crippen molar-refractivity contribution < 1.29 is 4.79 Å². The van der Waals surface area contributed by atoms with Gasteiger partial charge < -0.3 is 10.6 Å². The van der Waals surface area contributed by atoms with Gasteiger partial charge in [-0.1, -0.05) is 31.9 Å². The summed E-state index contributed by atoms with van der Waals surface area (Å²) in [6.45, 7) is 9.41. The van der Waals surface area contributed by atoms with E-state index in [9.17, 15) is 4.79 Å². The van der Waals surface area contributed by atoms with Gasteiger partial charge in [-0.25, -0.2) is 0 Å². The third-order valence-electron chi connectivity index (χ3n) is 4.85. The van der Waals surface area contributed by atoms with Crippen LogP contribution in [0.4, 0.5) is 5.69 Å². The Morgan fingerprint density at radius 1 is 1.29 bits per heavy atom. The van der Waals surface area contributed by atoms with Gasteiger partial charge in [0.1, 0.15) is 0 Å². The number of carbonyl (C=O) groups excluding carboxylic acids is 1. The van der Waals surface area contributed by atoms with Crippen molar-refractivity contribution in [1.82, 2.24) is 5.32 Å². The quantitative estimate of drug-likeness (QED) is 0.860. The van der Waals surface area contributed by atoms with Gasteiger partial charge in [-0.2, -0.15) is 0 Å². The molecule has 3 nitrogen and oxygen atoms in total. The SMILES string of the molecule is CCNc1ccc(C)cc1C(=O)NC1CCC(CC)C1C. The molecule has 1 saturated carbocycles. The van der Waals surface area contributed by atoms with E-state index in [0.717, 1.165) is 35.7 Å². The third kappa shape index (κ3) is 3.58. The van der Waals surface area contributed by atoms with Crippen molar-refractivity contribution in [2.75, 3.05) is 11.9 Å². The van der Waals surface area contributed by atoms with Crippen molar-refractivity contribution in [3.05, 3.63) is 29.3 Å². The van der Waals surface area contributed by atoms with Crippen LogP contribution in [-0.4, -0.2) is 18.5 Å². The summed E-state index contributed by atoms with van der Waals surface area (Å²) in [6.07, 6.45) is 3.55. The number of amides is 1. The molecular formula is C18H28N2O. The fourth-order valence-corrected chi connectivity index (χ4v) is 3.46. The first kappa shape index (κ1) is 15.9. The van der Waals surface area contributed by atoms with Crippen LogP contribution in [0.1, 0.15) is 56.0 Å². The van der Waals surface area contributed by atoms with Crippen LogP contribution in [0.15, 0.2) is 18.2 Å². The predicted octanol–water partition coefficient (Wildman–Crippen LogP) is 3.98. The molecule has 116 valence electrons. The van der Waals surface area contributed by atoms with E-state index in [1.54, 1.807) is 0 Å². The van der Waals surface area contributed by atoms with E-state index in [1.165, 1.54) is 12.8 Å². The summed E-state index contributed by atoms with van der Waals surface area (Å²) < 4.78 is 0. The van der Waals surface area contributed by atoms with Gasteiger partial charge in [0.05, 0.1) is 5.56 Å². The van der Waals surface area contributed by atoms with Crippen LogP contribution in [0.5, 0.6) is 0 Å². The molecule has 1 aliphatic rings. The summed E-state index contributed by atoms with van der Waals surface area (Å²) in [5.41, 5.74) is 2.81. The molecule has 2 N–H and O–H groups in total. The molecule has 0 aromatic heterocycles. The van der Waals surface area contributed by atoms with Gasteiger partial charge >= 0.3 is 0 Å². The zero-order valence-electron chi connectivity index (χ0n) is 13.7. The molecule has 0 spiro atoms. The Bertz CT molecular complexity index is 498. The maximum Gasteiger partial charge on any atom is 0.253 e. The van der Waals surface area contributed by atoms with Crippen LogP contribution in [0, 0.1) is 18.8 Å². The highest BCUT2D eigenvalue weighted by atomic mass is 16.1. The lowest BCUT2D eigenvalue weighted by atomic mass is 9.93. The van der Waals surface area contributed by atoms with Crippen molar-refractivity contribution in [2.24, 2.45) is 11.8 Å². The lowest BCUT2D eigenvalue weighted by Crippen LogP contribution is -2.37. The number of rotatable bonds is 5. The van der Waals surface area contributed by atoms with E-state index in [2.05, 4.69) is 24.5 Å². The Morgan fingerprint density at radius 2 is 2.05 bits per heavy atom. The van der Waals surface area contributed by atoms with Crippen LogP contribution in [0.25, 0.3) is 0 Å². The molecule has 0 bridgehead atoms. The predicted molar refractivity (Wildman–Crippen MR) is 88.8 cm³/mol. The van der Waals surface area contributed by atoms with Crippen molar-refractivity contribution in [3.63, 3.8) is 0 Å². The molecule has 3 unspecified atom stereocenters. The average molecular weight is 288 g/mol. The van der Waals surface area contributed by atoms with Gasteiger partial charge in [0, 0.05) is 18.3 Å². The van der Waals surface area contributed by atoms with E-state index >= 15 is 0 Å². The molecule has 1 amide bonds. The van der Waals surface area contributed by atoms with Gasteiger partial charge in [0.2, 0.25) is 0 Å². The van der Waals surface area contributed by atoms with Crippen molar-refractivity contribution in [3.8, 4) is 0 Å². The minimum absolute atomic E-state index is 0.0586. The molecule has 3 atom stereocenters. The average Bonchev–Trinajstić information content (AvgIpc) is 2.81. The smallest absolute Gasteiger partial charge is 0.253 e. The number of aryl methyl sites for hydroxylation is 1.